The quantitative estimate of drug-likeness (QED) is 0.291. The molecule has 4 rings (SSSR count). The molecule has 1 aliphatic heterocycles. The second-order valence-corrected chi connectivity index (χ2v) is 9.55. The topological polar surface area (TPSA) is 73.6 Å². The van der Waals surface area contributed by atoms with E-state index in [1.807, 2.05) is 37.3 Å². The highest BCUT2D eigenvalue weighted by atomic mass is 16.5. The van der Waals surface area contributed by atoms with Crippen LogP contribution in [0.15, 0.2) is 42.5 Å². The number of amides is 1. The normalized spacial score (nSPS) is 14.8. The van der Waals surface area contributed by atoms with Crippen LogP contribution in [0.4, 0.5) is 5.69 Å². The number of likely N-dealkylation sites (N-methyl/N-ethyl adjacent to an activating group) is 1. The van der Waals surface area contributed by atoms with E-state index >= 15 is 0 Å². The number of ether oxygens (including phenoxy) is 1. The summed E-state index contributed by atoms with van der Waals surface area (Å²) >= 11 is 0. The highest BCUT2D eigenvalue weighted by Gasteiger charge is 2.18. The van der Waals surface area contributed by atoms with Gasteiger partial charge in [-0.15, -0.1) is 0 Å². The van der Waals surface area contributed by atoms with Crippen LogP contribution in [0.25, 0.3) is 22.2 Å². The van der Waals surface area contributed by atoms with E-state index in [0.29, 0.717) is 13.0 Å². The molecule has 192 valence electrons. The van der Waals surface area contributed by atoms with Crippen LogP contribution in [0.5, 0.6) is 5.75 Å². The molecule has 0 radical (unpaired) electrons. The van der Waals surface area contributed by atoms with Crippen molar-refractivity contribution in [2.45, 2.75) is 39.7 Å². The molecule has 2 aromatic carbocycles. The molecule has 0 spiro atoms. The van der Waals surface area contributed by atoms with Crippen LogP contribution in [-0.4, -0.2) is 72.9 Å². The van der Waals surface area contributed by atoms with Gasteiger partial charge in [0.2, 0.25) is 5.91 Å². The lowest BCUT2D eigenvalue weighted by Crippen LogP contribution is -2.44. The number of piperazine rings is 1. The molecule has 0 bridgehead atoms. The molecular weight excluding hydrogens is 450 g/mol. The molecule has 36 heavy (non-hydrogen) atoms. The third kappa shape index (κ3) is 5.97. The molecule has 1 saturated heterocycles. The Hall–Kier alpha value is -3.16. The lowest BCUT2D eigenvalue weighted by Gasteiger charge is -2.32. The summed E-state index contributed by atoms with van der Waals surface area (Å²) in [4.78, 5) is 16.8. The van der Waals surface area contributed by atoms with Crippen molar-refractivity contribution in [1.82, 2.24) is 14.4 Å². The first kappa shape index (κ1) is 25.9. The van der Waals surface area contributed by atoms with E-state index in [2.05, 4.69) is 45.8 Å². The Morgan fingerprint density at radius 2 is 1.83 bits per heavy atom. The van der Waals surface area contributed by atoms with E-state index in [1.54, 1.807) is 0 Å². The minimum absolute atomic E-state index is 0.0316. The first-order valence-corrected chi connectivity index (χ1v) is 13.1. The zero-order chi connectivity index (χ0) is 25.5. The fourth-order valence-corrected chi connectivity index (χ4v) is 4.94. The number of anilines is 1. The largest absolute Gasteiger partial charge is 0.493 e. The highest BCUT2D eigenvalue weighted by Crippen LogP contribution is 2.35. The van der Waals surface area contributed by atoms with Gasteiger partial charge >= 0.3 is 0 Å². The number of rotatable bonds is 11. The van der Waals surface area contributed by atoms with Crippen LogP contribution >= 0.6 is 0 Å². The van der Waals surface area contributed by atoms with Crippen molar-refractivity contribution in [3.63, 3.8) is 0 Å². The first-order chi connectivity index (χ1) is 17.5. The predicted octanol–water partition coefficient (Wildman–Crippen LogP) is 5.08. The minimum Gasteiger partial charge on any atom is -0.493 e. The van der Waals surface area contributed by atoms with Crippen molar-refractivity contribution in [3.05, 3.63) is 48.0 Å². The average molecular weight is 490 g/mol. The fourth-order valence-electron chi connectivity index (χ4n) is 4.94. The lowest BCUT2D eigenvalue weighted by atomic mass is 10.1. The van der Waals surface area contributed by atoms with E-state index in [-0.39, 0.29) is 5.91 Å². The van der Waals surface area contributed by atoms with Crippen molar-refractivity contribution >= 4 is 28.7 Å². The zero-order valence-electron chi connectivity index (χ0n) is 21.8. The summed E-state index contributed by atoms with van der Waals surface area (Å²) in [5.74, 6) is 0.898. The van der Waals surface area contributed by atoms with Gasteiger partial charge in [0.05, 0.1) is 17.8 Å². The number of carbonyl (C=O) groups excluding carboxylic acids is 1. The number of hydrogen-bond donors (Lipinski definition) is 2. The Bertz CT molecular complexity index is 1180. The lowest BCUT2D eigenvalue weighted by molar-refractivity contribution is -0.116. The molecular formula is C29H39N5O2. The minimum atomic E-state index is 0.0316. The summed E-state index contributed by atoms with van der Waals surface area (Å²) in [6, 6.07) is 14.1. The number of aromatic nitrogens is 1. The SMILES string of the molecule is CCCC(=O)Nc1ccc(-c2c(C=N)c3ccc(OCCCN4CCN(C)CC4)cc3n2CC)cc1. The van der Waals surface area contributed by atoms with E-state index in [1.165, 1.54) is 6.21 Å². The summed E-state index contributed by atoms with van der Waals surface area (Å²) in [5.41, 5.74) is 4.80. The Kier molecular flexibility index (Phi) is 8.78. The molecule has 0 atom stereocenters. The molecule has 1 aromatic heterocycles. The smallest absolute Gasteiger partial charge is 0.224 e. The number of nitrogens with one attached hydrogen (secondary N) is 2. The third-order valence-electron chi connectivity index (χ3n) is 6.94. The summed E-state index contributed by atoms with van der Waals surface area (Å²) in [5, 5.41) is 12.1. The van der Waals surface area contributed by atoms with Crippen LogP contribution in [0.2, 0.25) is 0 Å². The second kappa shape index (κ2) is 12.2. The molecule has 2 heterocycles. The molecule has 0 unspecified atom stereocenters. The van der Waals surface area contributed by atoms with Crippen LogP contribution in [0, 0.1) is 5.41 Å². The third-order valence-corrected chi connectivity index (χ3v) is 6.94. The van der Waals surface area contributed by atoms with Gasteiger partial charge in [0.15, 0.2) is 0 Å². The number of fused-ring (bicyclic) bond motifs is 1. The molecule has 3 aromatic rings. The van der Waals surface area contributed by atoms with Gasteiger partial charge in [-0.3, -0.25) is 4.79 Å². The Balaban J connectivity index is 1.50. The molecule has 0 saturated carbocycles. The van der Waals surface area contributed by atoms with Crippen LogP contribution in [0.3, 0.4) is 0 Å². The van der Waals surface area contributed by atoms with Crippen molar-refractivity contribution in [3.8, 4) is 17.0 Å². The van der Waals surface area contributed by atoms with Crippen LogP contribution < -0.4 is 10.1 Å². The molecule has 7 heteroatoms. The monoisotopic (exact) mass is 489 g/mol. The number of hydrogen-bond acceptors (Lipinski definition) is 5. The number of carbonyl (C=O) groups is 1. The van der Waals surface area contributed by atoms with Gasteiger partial charge in [0.1, 0.15) is 5.75 Å². The average Bonchev–Trinajstić information content (AvgIpc) is 3.21. The van der Waals surface area contributed by atoms with Crippen molar-refractivity contribution in [2.24, 2.45) is 0 Å². The maximum absolute atomic E-state index is 11.9. The van der Waals surface area contributed by atoms with Crippen LogP contribution in [0.1, 0.15) is 38.7 Å². The summed E-state index contributed by atoms with van der Waals surface area (Å²) in [6.45, 7) is 11.2. The van der Waals surface area contributed by atoms with Gasteiger partial charge in [0.25, 0.3) is 0 Å². The van der Waals surface area contributed by atoms with Gasteiger partial charge < -0.3 is 29.8 Å². The van der Waals surface area contributed by atoms with Gasteiger partial charge in [-0.1, -0.05) is 19.1 Å². The fraction of sp³-hybridized carbons (Fsp3) is 0.448. The number of benzene rings is 2. The summed E-state index contributed by atoms with van der Waals surface area (Å²) < 4.78 is 8.39. The highest BCUT2D eigenvalue weighted by molar-refractivity contribution is 6.06. The second-order valence-electron chi connectivity index (χ2n) is 9.55. The Morgan fingerprint density at radius 3 is 2.50 bits per heavy atom. The van der Waals surface area contributed by atoms with Crippen molar-refractivity contribution in [2.75, 3.05) is 51.7 Å². The van der Waals surface area contributed by atoms with Gasteiger partial charge in [-0.25, -0.2) is 0 Å². The molecule has 1 aliphatic rings. The molecule has 0 aliphatic carbocycles. The van der Waals surface area contributed by atoms with E-state index in [4.69, 9.17) is 10.1 Å². The molecule has 2 N–H and O–H groups in total. The Labute approximate surface area is 214 Å². The van der Waals surface area contributed by atoms with E-state index in [9.17, 15) is 4.79 Å². The first-order valence-electron chi connectivity index (χ1n) is 13.1. The van der Waals surface area contributed by atoms with E-state index < -0.39 is 0 Å². The molecule has 7 nitrogen and oxygen atoms in total. The number of aryl methyl sites for hydroxylation is 1. The van der Waals surface area contributed by atoms with Crippen LogP contribution in [-0.2, 0) is 11.3 Å². The van der Waals surface area contributed by atoms with Gasteiger partial charge in [-0.2, -0.15) is 0 Å². The zero-order valence-corrected chi connectivity index (χ0v) is 21.8. The van der Waals surface area contributed by atoms with Crippen molar-refractivity contribution in [1.29, 1.82) is 5.41 Å². The Morgan fingerprint density at radius 1 is 1.08 bits per heavy atom. The van der Waals surface area contributed by atoms with Gasteiger partial charge in [-0.05, 0) is 56.6 Å². The van der Waals surface area contributed by atoms with Crippen molar-refractivity contribution < 1.29 is 9.53 Å². The molecule has 1 fully saturated rings. The van der Waals surface area contributed by atoms with Gasteiger partial charge in [0, 0.05) is 74.6 Å². The number of nitrogens with zero attached hydrogens (tertiary/aromatic N) is 3. The summed E-state index contributed by atoms with van der Waals surface area (Å²) in [6.07, 6.45) is 3.79. The molecule has 1 amide bonds. The standard InChI is InChI=1S/C29H39N5O2/c1-4-7-28(35)31-23-10-8-22(9-11-23)29-26(21-30)25-13-12-24(20-27(25)34(29)5-2)36-19-6-14-33-17-15-32(3)16-18-33/h8-13,20-21,30H,4-7,14-19H2,1-3H3,(H,31,35). The summed E-state index contributed by atoms with van der Waals surface area (Å²) in [7, 11) is 2.18. The van der Waals surface area contributed by atoms with E-state index in [0.717, 1.165) is 91.3 Å². The maximum Gasteiger partial charge on any atom is 0.224 e. The predicted molar refractivity (Wildman–Crippen MR) is 149 cm³/mol. The maximum atomic E-state index is 11.9.